The van der Waals surface area contributed by atoms with Gasteiger partial charge < -0.3 is 8.85 Å². The molecule has 0 heterocycles. The summed E-state index contributed by atoms with van der Waals surface area (Å²) in [5.41, 5.74) is 0.951. The van der Waals surface area contributed by atoms with Crippen LogP contribution in [-0.4, -0.2) is 20.5 Å². The number of rotatable bonds is 8. The minimum atomic E-state index is -3.34. The van der Waals surface area contributed by atoms with E-state index in [9.17, 15) is 9.59 Å². The molecule has 0 radical (unpaired) electrons. The number of hydrogen-bond acceptors (Lipinski definition) is 4. The van der Waals surface area contributed by atoms with Gasteiger partial charge in [-0.3, -0.25) is 0 Å². The van der Waals surface area contributed by atoms with Crippen molar-refractivity contribution in [3.8, 4) is 0 Å². The fraction of sp³-hybridized carbons (Fsp3) is 0.368. The third-order valence-corrected chi connectivity index (χ3v) is 9.05. The van der Waals surface area contributed by atoms with Gasteiger partial charge in [-0.15, -0.1) is 0 Å². The van der Waals surface area contributed by atoms with Gasteiger partial charge in [0.15, 0.2) is 0 Å². The Labute approximate surface area is 145 Å². The molecule has 1 rings (SSSR count). The Hall–Kier alpha value is -2.14. The van der Waals surface area contributed by atoms with Crippen LogP contribution >= 0.6 is 0 Å². The number of carbonyl (C=O) groups is 2. The van der Waals surface area contributed by atoms with Crippen molar-refractivity contribution in [2.24, 2.45) is 5.92 Å². The summed E-state index contributed by atoms with van der Waals surface area (Å²) < 4.78 is 11.6. The lowest BCUT2D eigenvalue weighted by atomic mass is 9.99. The summed E-state index contributed by atoms with van der Waals surface area (Å²) >= 11 is 0. The van der Waals surface area contributed by atoms with Gasteiger partial charge >= 0.3 is 20.5 Å². The van der Waals surface area contributed by atoms with Crippen LogP contribution in [0.5, 0.6) is 0 Å². The molecular formula is C19H26O4Si. The average molecular weight is 346 g/mol. The summed E-state index contributed by atoms with van der Waals surface area (Å²) in [5.74, 6) is -1.03. The van der Waals surface area contributed by atoms with Gasteiger partial charge in [0, 0.05) is 23.2 Å². The first-order chi connectivity index (χ1) is 11.2. The van der Waals surface area contributed by atoms with Crippen molar-refractivity contribution in [3.63, 3.8) is 0 Å². The van der Waals surface area contributed by atoms with E-state index < -0.39 is 25.5 Å². The van der Waals surface area contributed by atoms with E-state index in [-0.39, 0.29) is 5.92 Å². The highest BCUT2D eigenvalue weighted by atomic mass is 28.4. The van der Waals surface area contributed by atoms with Crippen LogP contribution in [-0.2, 0) is 24.5 Å². The Bertz CT molecular complexity index is 583. The Morgan fingerprint density at radius 2 is 1.54 bits per heavy atom. The van der Waals surface area contributed by atoms with Gasteiger partial charge in [0.05, 0.1) is 0 Å². The van der Waals surface area contributed by atoms with Crippen molar-refractivity contribution in [1.82, 2.24) is 0 Å². The van der Waals surface area contributed by atoms with Crippen molar-refractivity contribution in [2.75, 3.05) is 0 Å². The van der Waals surface area contributed by atoms with Crippen LogP contribution < -0.4 is 0 Å². The van der Waals surface area contributed by atoms with Crippen LogP contribution in [0.3, 0.4) is 0 Å². The van der Waals surface area contributed by atoms with E-state index in [2.05, 4.69) is 13.2 Å². The molecule has 5 heteroatoms. The first-order valence-corrected chi connectivity index (χ1v) is 9.95. The monoisotopic (exact) mass is 346 g/mol. The summed E-state index contributed by atoms with van der Waals surface area (Å²) in [5, 5.41) is -0.514. The minimum Gasteiger partial charge on any atom is -0.481 e. The van der Waals surface area contributed by atoms with Gasteiger partial charge in [0.1, 0.15) is 0 Å². The molecule has 0 N–H and O–H groups in total. The fourth-order valence-electron chi connectivity index (χ4n) is 2.30. The molecule has 0 amide bonds. The van der Waals surface area contributed by atoms with E-state index in [0.717, 1.165) is 17.7 Å². The third kappa shape index (κ3) is 4.44. The largest absolute Gasteiger partial charge is 0.481 e. The van der Waals surface area contributed by atoms with Gasteiger partial charge in [-0.1, -0.05) is 71.2 Å². The number of carbonyl (C=O) groups excluding carboxylic acids is 2. The first-order valence-electron chi connectivity index (χ1n) is 7.93. The van der Waals surface area contributed by atoms with Crippen molar-refractivity contribution in [3.05, 3.63) is 61.2 Å². The maximum Gasteiger partial charge on any atom is 0.475 e. The highest BCUT2D eigenvalue weighted by molar-refractivity contribution is 6.73. The molecule has 1 aromatic rings. The molecule has 0 aliphatic heterocycles. The van der Waals surface area contributed by atoms with Gasteiger partial charge in [0.2, 0.25) is 0 Å². The quantitative estimate of drug-likeness (QED) is 0.525. The minimum absolute atomic E-state index is 0.128. The number of hydrogen-bond donors (Lipinski definition) is 0. The molecule has 0 atom stereocenters. The van der Waals surface area contributed by atoms with E-state index in [1.54, 1.807) is 0 Å². The smallest absolute Gasteiger partial charge is 0.475 e. The van der Waals surface area contributed by atoms with Crippen LogP contribution in [0.1, 0.15) is 33.3 Å². The van der Waals surface area contributed by atoms with Crippen LogP contribution in [0.2, 0.25) is 5.04 Å². The predicted octanol–water partition coefficient (Wildman–Crippen LogP) is 4.11. The molecule has 0 fully saturated rings. The van der Waals surface area contributed by atoms with Gasteiger partial charge in [-0.05, 0) is 11.5 Å². The van der Waals surface area contributed by atoms with Crippen molar-refractivity contribution >= 4 is 20.5 Å². The molecule has 0 saturated carbocycles. The van der Waals surface area contributed by atoms with Gasteiger partial charge in [-0.25, -0.2) is 9.59 Å². The maximum absolute atomic E-state index is 12.0. The van der Waals surface area contributed by atoms with Gasteiger partial charge in [0.25, 0.3) is 0 Å². The Kier molecular flexibility index (Phi) is 6.72. The average Bonchev–Trinajstić information content (AvgIpc) is 2.54. The fourth-order valence-corrected chi connectivity index (χ4v) is 5.93. The molecular weight excluding hydrogens is 320 g/mol. The second-order valence-electron chi connectivity index (χ2n) is 6.54. The lowest BCUT2D eigenvalue weighted by Gasteiger charge is -2.43. The van der Waals surface area contributed by atoms with Crippen molar-refractivity contribution in [2.45, 2.75) is 38.8 Å². The Morgan fingerprint density at radius 1 is 1.08 bits per heavy atom. The van der Waals surface area contributed by atoms with Crippen LogP contribution in [0.25, 0.3) is 0 Å². The van der Waals surface area contributed by atoms with Crippen LogP contribution in [0.4, 0.5) is 0 Å². The second-order valence-corrected chi connectivity index (χ2v) is 10.1. The second kappa shape index (κ2) is 8.10. The van der Waals surface area contributed by atoms with E-state index >= 15 is 0 Å². The molecule has 0 bridgehead atoms. The lowest BCUT2D eigenvalue weighted by Crippen LogP contribution is -2.57. The van der Waals surface area contributed by atoms with E-state index in [4.69, 9.17) is 8.85 Å². The SMILES string of the molecule is C=CC(=O)O[Si](Cc1ccccc1)(OC(=O)C=C)C(C)(C)C(C)C. The van der Waals surface area contributed by atoms with Crippen molar-refractivity contribution in [1.29, 1.82) is 0 Å². The lowest BCUT2D eigenvalue weighted by molar-refractivity contribution is -0.137. The van der Waals surface area contributed by atoms with E-state index in [1.807, 2.05) is 58.0 Å². The molecule has 0 aliphatic carbocycles. The Morgan fingerprint density at radius 3 is 1.92 bits per heavy atom. The van der Waals surface area contributed by atoms with E-state index in [1.165, 1.54) is 0 Å². The number of benzene rings is 1. The Balaban J connectivity index is 3.45. The first kappa shape index (κ1) is 19.9. The molecule has 0 unspecified atom stereocenters. The third-order valence-electron chi connectivity index (χ3n) is 4.57. The molecule has 0 aliphatic rings. The maximum atomic E-state index is 12.0. The zero-order valence-corrected chi connectivity index (χ0v) is 15.9. The molecule has 130 valence electrons. The summed E-state index contributed by atoms with van der Waals surface area (Å²) in [7, 11) is -3.34. The molecule has 0 spiro atoms. The molecule has 1 aromatic carbocycles. The highest BCUT2D eigenvalue weighted by Gasteiger charge is 2.59. The molecule has 0 aromatic heterocycles. The van der Waals surface area contributed by atoms with Crippen molar-refractivity contribution < 1.29 is 18.4 Å². The summed E-state index contributed by atoms with van der Waals surface area (Å²) in [4.78, 5) is 24.1. The molecule has 0 saturated heterocycles. The van der Waals surface area contributed by atoms with Gasteiger partial charge in [-0.2, -0.15) is 0 Å². The molecule has 4 nitrogen and oxygen atoms in total. The highest BCUT2D eigenvalue weighted by Crippen LogP contribution is 2.47. The standard InChI is InChI=1S/C19H26O4Si/c1-7-17(20)22-24(23-18(21)8-2,19(5,6)15(3)4)14-16-12-10-9-11-13-16/h7-13,15H,1-2,14H2,3-6H3. The van der Waals surface area contributed by atoms with E-state index in [0.29, 0.717) is 6.04 Å². The predicted molar refractivity (Wildman–Crippen MR) is 97.4 cm³/mol. The zero-order chi connectivity index (χ0) is 18.4. The summed E-state index contributed by atoms with van der Waals surface area (Å²) in [6.07, 6.45) is 2.20. The zero-order valence-electron chi connectivity index (χ0n) is 14.9. The topological polar surface area (TPSA) is 52.6 Å². The summed E-state index contributed by atoms with van der Waals surface area (Å²) in [6.45, 7) is 14.9. The normalized spacial score (nSPS) is 11.7. The summed E-state index contributed by atoms with van der Waals surface area (Å²) in [6, 6.07) is 9.95. The van der Waals surface area contributed by atoms with Crippen LogP contribution in [0, 0.1) is 5.92 Å². The van der Waals surface area contributed by atoms with Crippen LogP contribution in [0.15, 0.2) is 55.6 Å². The molecule has 24 heavy (non-hydrogen) atoms.